The SMILES string of the molecule is OC1(O)C=CC(c2ccccc2)=CC1c1ccccc1. The fraction of sp³-hybridized carbons (Fsp3) is 0.111. The lowest BCUT2D eigenvalue weighted by Gasteiger charge is -2.30. The first-order valence-electron chi connectivity index (χ1n) is 6.63. The van der Waals surface area contributed by atoms with Crippen molar-refractivity contribution in [1.82, 2.24) is 0 Å². The molecule has 0 amide bonds. The van der Waals surface area contributed by atoms with E-state index >= 15 is 0 Å². The van der Waals surface area contributed by atoms with Crippen LogP contribution in [-0.2, 0) is 0 Å². The molecule has 100 valence electrons. The van der Waals surface area contributed by atoms with E-state index < -0.39 is 11.7 Å². The largest absolute Gasteiger partial charge is 0.362 e. The van der Waals surface area contributed by atoms with E-state index in [0.29, 0.717) is 0 Å². The maximum absolute atomic E-state index is 10.2. The van der Waals surface area contributed by atoms with Crippen molar-refractivity contribution in [3.8, 4) is 0 Å². The fourth-order valence-corrected chi connectivity index (χ4v) is 2.50. The Morgan fingerprint density at radius 1 is 0.800 bits per heavy atom. The van der Waals surface area contributed by atoms with Crippen molar-refractivity contribution in [3.63, 3.8) is 0 Å². The van der Waals surface area contributed by atoms with Gasteiger partial charge in [-0.1, -0.05) is 72.8 Å². The quantitative estimate of drug-likeness (QED) is 0.818. The third-order valence-electron chi connectivity index (χ3n) is 3.58. The molecule has 2 N–H and O–H groups in total. The Hall–Kier alpha value is -2.16. The van der Waals surface area contributed by atoms with E-state index in [0.717, 1.165) is 16.7 Å². The maximum atomic E-state index is 10.2. The van der Waals surface area contributed by atoms with Crippen LogP contribution in [0.4, 0.5) is 0 Å². The number of benzene rings is 2. The summed E-state index contributed by atoms with van der Waals surface area (Å²) >= 11 is 0. The smallest absolute Gasteiger partial charge is 0.193 e. The highest BCUT2D eigenvalue weighted by Gasteiger charge is 2.34. The van der Waals surface area contributed by atoms with Crippen LogP contribution in [0.1, 0.15) is 17.0 Å². The normalized spacial score (nSPS) is 20.5. The van der Waals surface area contributed by atoms with E-state index in [2.05, 4.69) is 0 Å². The number of hydrogen-bond acceptors (Lipinski definition) is 2. The van der Waals surface area contributed by atoms with E-state index in [9.17, 15) is 10.2 Å². The number of rotatable bonds is 2. The number of hydrogen-bond donors (Lipinski definition) is 2. The van der Waals surface area contributed by atoms with Crippen LogP contribution in [0.25, 0.3) is 5.57 Å². The molecule has 0 bridgehead atoms. The van der Waals surface area contributed by atoms with Gasteiger partial charge in [0, 0.05) is 0 Å². The Balaban J connectivity index is 2.03. The first-order valence-corrected chi connectivity index (χ1v) is 6.63. The molecule has 0 saturated heterocycles. The molecule has 0 spiro atoms. The molecule has 2 nitrogen and oxygen atoms in total. The second-order valence-corrected chi connectivity index (χ2v) is 4.99. The van der Waals surface area contributed by atoms with Crippen LogP contribution in [-0.4, -0.2) is 16.0 Å². The summed E-state index contributed by atoms with van der Waals surface area (Å²) in [6.07, 6.45) is 5.12. The lowest BCUT2D eigenvalue weighted by Crippen LogP contribution is -2.34. The molecule has 0 saturated carbocycles. The van der Waals surface area contributed by atoms with E-state index in [1.54, 1.807) is 6.08 Å². The van der Waals surface area contributed by atoms with Gasteiger partial charge in [0.25, 0.3) is 0 Å². The second-order valence-electron chi connectivity index (χ2n) is 4.99. The maximum Gasteiger partial charge on any atom is 0.193 e. The Bertz CT molecular complexity index is 640. The molecule has 1 atom stereocenters. The van der Waals surface area contributed by atoms with Gasteiger partial charge in [-0.25, -0.2) is 0 Å². The van der Waals surface area contributed by atoms with E-state index in [-0.39, 0.29) is 0 Å². The van der Waals surface area contributed by atoms with Gasteiger partial charge in [0.2, 0.25) is 0 Å². The van der Waals surface area contributed by atoms with Crippen molar-refractivity contribution < 1.29 is 10.2 Å². The monoisotopic (exact) mass is 264 g/mol. The topological polar surface area (TPSA) is 40.5 Å². The molecule has 0 aromatic heterocycles. The zero-order valence-electron chi connectivity index (χ0n) is 11.0. The van der Waals surface area contributed by atoms with Gasteiger partial charge in [0.05, 0.1) is 5.92 Å². The van der Waals surface area contributed by atoms with Crippen LogP contribution in [0.3, 0.4) is 0 Å². The number of allylic oxidation sites excluding steroid dienone is 2. The highest BCUT2D eigenvalue weighted by Crippen LogP contribution is 2.36. The summed E-state index contributed by atoms with van der Waals surface area (Å²) in [6, 6.07) is 19.5. The van der Waals surface area contributed by atoms with Crippen LogP contribution in [0.5, 0.6) is 0 Å². The molecule has 1 aliphatic carbocycles. The van der Waals surface area contributed by atoms with Gasteiger partial charge in [-0.2, -0.15) is 0 Å². The van der Waals surface area contributed by atoms with E-state index in [1.807, 2.05) is 66.7 Å². The van der Waals surface area contributed by atoms with Gasteiger partial charge in [0.1, 0.15) is 0 Å². The predicted octanol–water partition coefficient (Wildman–Crippen LogP) is 3.10. The highest BCUT2D eigenvalue weighted by molar-refractivity contribution is 5.76. The number of aliphatic hydroxyl groups is 2. The summed E-state index contributed by atoms with van der Waals surface area (Å²) in [5.41, 5.74) is 2.95. The highest BCUT2D eigenvalue weighted by atomic mass is 16.5. The Kier molecular flexibility index (Phi) is 3.26. The molecule has 3 rings (SSSR count). The average Bonchev–Trinajstić information content (AvgIpc) is 2.49. The summed E-state index contributed by atoms with van der Waals surface area (Å²) < 4.78 is 0. The van der Waals surface area contributed by atoms with E-state index in [4.69, 9.17) is 0 Å². The van der Waals surface area contributed by atoms with Gasteiger partial charge < -0.3 is 10.2 Å². The average molecular weight is 264 g/mol. The van der Waals surface area contributed by atoms with Crippen molar-refractivity contribution >= 4 is 5.57 Å². The molecule has 0 fully saturated rings. The lowest BCUT2D eigenvalue weighted by atomic mass is 9.83. The molecule has 2 heteroatoms. The molecule has 2 aromatic rings. The third-order valence-corrected chi connectivity index (χ3v) is 3.58. The summed E-state index contributed by atoms with van der Waals surface area (Å²) in [4.78, 5) is 0. The van der Waals surface area contributed by atoms with Crippen molar-refractivity contribution in [3.05, 3.63) is 90.0 Å². The lowest BCUT2D eigenvalue weighted by molar-refractivity contribution is -0.128. The summed E-state index contributed by atoms with van der Waals surface area (Å²) in [7, 11) is 0. The zero-order chi connectivity index (χ0) is 14.0. The first-order chi connectivity index (χ1) is 9.67. The van der Waals surface area contributed by atoms with Gasteiger partial charge in [-0.3, -0.25) is 0 Å². The zero-order valence-corrected chi connectivity index (χ0v) is 11.0. The minimum Gasteiger partial charge on any atom is -0.362 e. The van der Waals surface area contributed by atoms with Gasteiger partial charge >= 0.3 is 0 Å². The molecule has 20 heavy (non-hydrogen) atoms. The van der Waals surface area contributed by atoms with Crippen LogP contribution in [0.2, 0.25) is 0 Å². The molecule has 0 aliphatic heterocycles. The van der Waals surface area contributed by atoms with Gasteiger partial charge in [-0.15, -0.1) is 0 Å². The first kappa shape index (κ1) is 12.9. The molecule has 1 aliphatic rings. The Morgan fingerprint density at radius 2 is 1.40 bits per heavy atom. The Morgan fingerprint density at radius 3 is 2.05 bits per heavy atom. The van der Waals surface area contributed by atoms with E-state index in [1.165, 1.54) is 6.08 Å². The van der Waals surface area contributed by atoms with Gasteiger partial charge in [0.15, 0.2) is 5.79 Å². The standard InChI is InChI=1S/C18H16O2/c19-18(20)12-11-16(14-7-3-1-4-8-14)13-17(18)15-9-5-2-6-10-15/h1-13,17,19-20H. The van der Waals surface area contributed by atoms with Crippen molar-refractivity contribution in [1.29, 1.82) is 0 Å². The van der Waals surface area contributed by atoms with Gasteiger partial charge in [-0.05, 0) is 22.8 Å². The third kappa shape index (κ3) is 2.44. The summed E-state index contributed by atoms with van der Waals surface area (Å²) in [6.45, 7) is 0. The van der Waals surface area contributed by atoms with Crippen molar-refractivity contribution in [2.45, 2.75) is 11.7 Å². The van der Waals surface area contributed by atoms with Crippen LogP contribution in [0.15, 0.2) is 78.9 Å². The van der Waals surface area contributed by atoms with Crippen LogP contribution >= 0.6 is 0 Å². The summed E-state index contributed by atoms with van der Waals surface area (Å²) in [5, 5.41) is 20.4. The molecule has 1 unspecified atom stereocenters. The molecular formula is C18H16O2. The minimum atomic E-state index is -1.85. The van der Waals surface area contributed by atoms with Crippen LogP contribution in [0, 0.1) is 0 Å². The van der Waals surface area contributed by atoms with Crippen molar-refractivity contribution in [2.75, 3.05) is 0 Å². The fourth-order valence-electron chi connectivity index (χ4n) is 2.50. The molecule has 0 heterocycles. The Labute approximate surface area is 118 Å². The van der Waals surface area contributed by atoms with Crippen LogP contribution < -0.4 is 0 Å². The van der Waals surface area contributed by atoms with Crippen molar-refractivity contribution in [2.24, 2.45) is 0 Å². The predicted molar refractivity (Wildman–Crippen MR) is 79.9 cm³/mol. The molecule has 0 radical (unpaired) electrons. The summed E-state index contributed by atoms with van der Waals surface area (Å²) in [5.74, 6) is -2.32. The second kappa shape index (κ2) is 5.08. The molecular weight excluding hydrogens is 248 g/mol. The molecule has 2 aromatic carbocycles. The minimum absolute atomic E-state index is 0.469.